The van der Waals surface area contributed by atoms with E-state index < -0.39 is 0 Å². The van der Waals surface area contributed by atoms with Crippen molar-refractivity contribution in [1.82, 2.24) is 0 Å². The Bertz CT molecular complexity index is 617. The lowest BCUT2D eigenvalue weighted by Gasteiger charge is -2.00. The lowest BCUT2D eigenvalue weighted by Crippen LogP contribution is -3.00. The third-order valence-electron chi connectivity index (χ3n) is 2.86. The zero-order valence-corrected chi connectivity index (χ0v) is 14.7. The molecule has 3 nitrogen and oxygen atoms in total. The molecule has 0 amide bonds. The maximum atomic E-state index is 11.1. The van der Waals surface area contributed by atoms with E-state index in [0.717, 1.165) is 17.9 Å². The molecule has 0 aliphatic heterocycles. The number of esters is 1. The molecule has 116 valence electrons. The molecule has 0 aliphatic rings. The smallest absolute Gasteiger partial charge is 0.330 e. The van der Waals surface area contributed by atoms with Crippen LogP contribution < -0.4 is 21.5 Å². The number of rotatable bonds is 6. The van der Waals surface area contributed by atoms with Gasteiger partial charge in [-0.3, -0.25) is 0 Å². The molecule has 0 saturated carbocycles. The summed E-state index contributed by atoms with van der Waals surface area (Å²) in [4.78, 5) is 12.4. The third kappa shape index (κ3) is 6.45. The van der Waals surface area contributed by atoms with E-state index in [1.54, 1.807) is 6.08 Å². The van der Waals surface area contributed by atoms with Crippen molar-refractivity contribution >= 4 is 23.8 Å². The van der Waals surface area contributed by atoms with Crippen molar-refractivity contribution in [3.63, 3.8) is 0 Å². The van der Waals surface area contributed by atoms with E-state index in [-0.39, 0.29) is 23.0 Å². The van der Waals surface area contributed by atoms with E-state index in [2.05, 4.69) is 21.4 Å². The number of nitrogens with zero attached hydrogens (tertiary/aromatic N) is 1. The van der Waals surface area contributed by atoms with Crippen LogP contribution in [0, 0.1) is 0 Å². The Morgan fingerprint density at radius 1 is 1.23 bits per heavy atom. The topological polar surface area (TPSA) is 30.2 Å². The van der Waals surface area contributed by atoms with Crippen molar-refractivity contribution in [2.45, 2.75) is 11.4 Å². The zero-order valence-electron chi connectivity index (χ0n) is 12.3. The summed E-state index contributed by atoms with van der Waals surface area (Å²) in [6.07, 6.45) is 7.23. The van der Waals surface area contributed by atoms with Crippen molar-refractivity contribution in [1.29, 1.82) is 0 Å². The molecule has 2 aromatic rings. The Hall–Kier alpha value is -1.59. The number of ether oxygens (including phenoxy) is 1. The van der Waals surface area contributed by atoms with Crippen LogP contribution in [0.25, 0.3) is 6.08 Å². The first-order chi connectivity index (χ1) is 10.3. The minimum atomic E-state index is -0.343. The normalized spacial score (nSPS) is 10.2. The second-order valence-corrected chi connectivity index (χ2v) is 5.56. The van der Waals surface area contributed by atoms with Crippen LogP contribution in [0.4, 0.5) is 0 Å². The van der Waals surface area contributed by atoms with Crippen molar-refractivity contribution in [2.24, 2.45) is 0 Å². The average molecular weight is 380 g/mol. The number of carbonyl (C=O) groups is 1. The van der Waals surface area contributed by atoms with Crippen LogP contribution in [0.5, 0.6) is 0 Å². The summed E-state index contributed by atoms with van der Waals surface area (Å²) in [5.74, 6) is 0.656. The lowest BCUT2D eigenvalue weighted by molar-refractivity contribution is -0.692. The Morgan fingerprint density at radius 2 is 2.00 bits per heavy atom. The largest absolute Gasteiger partial charge is 1.00 e. The molecule has 0 unspecified atom stereocenters. The number of hydrogen-bond donors (Lipinski definition) is 0. The minimum Gasteiger partial charge on any atom is -1.00 e. The van der Waals surface area contributed by atoms with Gasteiger partial charge in [0.15, 0.2) is 18.9 Å². The molecule has 0 bridgehead atoms. The third-order valence-corrected chi connectivity index (χ3v) is 3.85. The highest BCUT2D eigenvalue weighted by molar-refractivity contribution is 7.99. The molecule has 0 aliphatic carbocycles. The van der Waals surface area contributed by atoms with Crippen LogP contribution in [0.1, 0.15) is 5.56 Å². The van der Waals surface area contributed by atoms with Crippen molar-refractivity contribution in [2.75, 3.05) is 12.9 Å². The molecule has 0 atom stereocenters. The van der Waals surface area contributed by atoms with E-state index in [4.69, 9.17) is 0 Å². The number of thioether (sulfide) groups is 1. The molecule has 0 saturated heterocycles. The van der Waals surface area contributed by atoms with Gasteiger partial charge in [0.2, 0.25) is 0 Å². The quantitative estimate of drug-likeness (QED) is 0.305. The maximum absolute atomic E-state index is 11.1. The molecule has 1 heterocycles. The van der Waals surface area contributed by atoms with Crippen molar-refractivity contribution in [3.05, 3.63) is 66.5 Å². The van der Waals surface area contributed by atoms with Gasteiger partial charge in [-0.25, -0.2) is 9.36 Å². The monoisotopic (exact) mass is 379 g/mol. The van der Waals surface area contributed by atoms with Crippen molar-refractivity contribution in [3.8, 4) is 0 Å². The highest BCUT2D eigenvalue weighted by Crippen LogP contribution is 2.16. The highest BCUT2D eigenvalue weighted by Gasteiger charge is 2.02. The predicted octanol–water partition coefficient (Wildman–Crippen LogP) is -0.0434. The number of benzene rings is 1. The summed E-state index contributed by atoms with van der Waals surface area (Å²) in [6, 6.07) is 14.3. The lowest BCUT2D eigenvalue weighted by atomic mass is 10.2. The summed E-state index contributed by atoms with van der Waals surface area (Å²) in [5, 5.41) is 0. The van der Waals surface area contributed by atoms with E-state index in [1.807, 2.05) is 54.5 Å². The van der Waals surface area contributed by atoms with Crippen molar-refractivity contribution < 1.29 is 31.1 Å². The Morgan fingerprint density at radius 3 is 2.73 bits per heavy atom. The molecule has 22 heavy (non-hydrogen) atoms. The Labute approximate surface area is 145 Å². The molecule has 0 N–H and O–H groups in total. The van der Waals surface area contributed by atoms with Gasteiger partial charge in [-0.2, -0.15) is 0 Å². The molecule has 0 fully saturated rings. The summed E-state index contributed by atoms with van der Waals surface area (Å²) in [5.41, 5.74) is 0.979. The molecule has 0 radical (unpaired) electrons. The fourth-order valence-corrected chi connectivity index (χ4v) is 2.69. The van der Waals surface area contributed by atoms with Gasteiger partial charge in [-0.15, -0.1) is 11.8 Å². The SMILES string of the molecule is COC(=O)/C=C/c1ccc[n+](CCSc2ccccc2)c1.[Br-]. The van der Waals surface area contributed by atoms with Gasteiger partial charge in [0.05, 0.1) is 12.9 Å². The van der Waals surface area contributed by atoms with Gasteiger partial charge in [0, 0.05) is 22.6 Å². The summed E-state index contributed by atoms with van der Waals surface area (Å²) in [7, 11) is 1.37. The second kappa shape index (κ2) is 10.2. The maximum Gasteiger partial charge on any atom is 0.330 e. The van der Waals surface area contributed by atoms with Gasteiger partial charge >= 0.3 is 5.97 Å². The zero-order chi connectivity index (χ0) is 14.9. The summed E-state index contributed by atoms with van der Waals surface area (Å²) >= 11 is 1.83. The average Bonchev–Trinajstić information content (AvgIpc) is 2.54. The fraction of sp³-hybridized carbons (Fsp3) is 0.176. The fourth-order valence-electron chi connectivity index (χ4n) is 1.80. The van der Waals surface area contributed by atoms with Gasteiger partial charge in [0.25, 0.3) is 0 Å². The van der Waals surface area contributed by atoms with E-state index in [0.29, 0.717) is 0 Å². The van der Waals surface area contributed by atoms with Crippen LogP contribution in [-0.2, 0) is 16.1 Å². The van der Waals surface area contributed by atoms with Crippen LogP contribution in [0.3, 0.4) is 0 Å². The standard InChI is InChI=1S/C17H18NO2S.BrH/c1-20-17(19)10-9-15-6-5-11-18(14-15)12-13-21-16-7-3-2-4-8-16;/h2-11,14H,12-13H2,1H3;1H/q+1;/p-1/b10-9+;. The van der Waals surface area contributed by atoms with Gasteiger partial charge in [-0.05, 0) is 24.3 Å². The van der Waals surface area contributed by atoms with Crippen LogP contribution in [-0.4, -0.2) is 18.8 Å². The molecule has 1 aromatic heterocycles. The number of carbonyl (C=O) groups excluding carboxylic acids is 1. The Balaban J connectivity index is 0.00000242. The number of aromatic nitrogens is 1. The summed E-state index contributed by atoms with van der Waals surface area (Å²) < 4.78 is 6.70. The molecular formula is C17H18BrNO2S. The first-order valence-corrected chi connectivity index (χ1v) is 7.69. The van der Waals surface area contributed by atoms with E-state index >= 15 is 0 Å². The molecule has 0 spiro atoms. The first kappa shape index (κ1) is 18.5. The molecular weight excluding hydrogens is 362 g/mol. The van der Waals surface area contributed by atoms with Crippen LogP contribution in [0.15, 0.2) is 65.8 Å². The molecule has 1 aromatic carbocycles. The number of aryl methyl sites for hydroxylation is 1. The number of pyridine rings is 1. The number of methoxy groups -OCH3 is 1. The molecule has 5 heteroatoms. The van der Waals surface area contributed by atoms with Gasteiger partial charge < -0.3 is 21.7 Å². The number of hydrogen-bond acceptors (Lipinski definition) is 3. The second-order valence-electron chi connectivity index (χ2n) is 4.39. The molecule has 2 rings (SSSR count). The van der Waals surface area contributed by atoms with Crippen LogP contribution in [0.2, 0.25) is 0 Å². The van der Waals surface area contributed by atoms with E-state index in [9.17, 15) is 4.79 Å². The summed E-state index contributed by atoms with van der Waals surface area (Å²) in [6.45, 7) is 0.916. The van der Waals surface area contributed by atoms with Gasteiger partial charge in [0.1, 0.15) is 0 Å². The van der Waals surface area contributed by atoms with E-state index in [1.165, 1.54) is 18.1 Å². The highest BCUT2D eigenvalue weighted by atomic mass is 79.9. The van der Waals surface area contributed by atoms with Gasteiger partial charge in [-0.1, -0.05) is 18.2 Å². The number of halogens is 1. The minimum absolute atomic E-state index is 0. The predicted molar refractivity (Wildman–Crippen MR) is 84.9 cm³/mol. The Kier molecular flexibility index (Phi) is 8.55. The van der Waals surface area contributed by atoms with Crippen LogP contribution >= 0.6 is 11.8 Å². The first-order valence-electron chi connectivity index (χ1n) is 6.71.